The third-order valence-electron chi connectivity index (χ3n) is 6.24. The lowest BCUT2D eigenvalue weighted by molar-refractivity contribution is 0.107. The van der Waals surface area contributed by atoms with Crippen LogP contribution in [0, 0.1) is 16.7 Å². The second-order valence-corrected chi connectivity index (χ2v) is 7.85. The number of hydrogen-bond acceptors (Lipinski definition) is 2. The van der Waals surface area contributed by atoms with E-state index in [9.17, 15) is 0 Å². The Kier molecular flexibility index (Phi) is 3.22. The first-order valence-corrected chi connectivity index (χ1v) is 7.98. The van der Waals surface area contributed by atoms with Gasteiger partial charge in [-0.05, 0) is 61.9 Å². The Morgan fingerprint density at radius 1 is 1.17 bits per heavy atom. The standard InChI is InChI=1S/C16H30N2/c1-15(2)13-6-7-16(3,12-13)14(15)17-8-11-18-9-4-5-10-18/h13-14,17H,4-12H2,1-3H3. The number of fused-ring (bicyclic) bond motifs is 2. The Hall–Kier alpha value is -0.0800. The molecule has 0 amide bonds. The zero-order valence-electron chi connectivity index (χ0n) is 12.5. The third-order valence-corrected chi connectivity index (χ3v) is 6.24. The Bertz CT molecular complexity index is 301. The largest absolute Gasteiger partial charge is 0.312 e. The minimum atomic E-state index is 0.512. The van der Waals surface area contributed by atoms with Crippen molar-refractivity contribution in [3.05, 3.63) is 0 Å². The minimum Gasteiger partial charge on any atom is -0.312 e. The summed E-state index contributed by atoms with van der Waals surface area (Å²) in [5.74, 6) is 0.965. The van der Waals surface area contributed by atoms with Crippen LogP contribution in [0.25, 0.3) is 0 Å². The fourth-order valence-electron chi connectivity index (χ4n) is 5.18. The molecule has 18 heavy (non-hydrogen) atoms. The van der Waals surface area contributed by atoms with E-state index in [2.05, 4.69) is 31.0 Å². The van der Waals surface area contributed by atoms with Gasteiger partial charge < -0.3 is 10.2 Å². The lowest BCUT2D eigenvalue weighted by Gasteiger charge is -2.43. The molecule has 3 aliphatic rings. The number of rotatable bonds is 4. The Balaban J connectivity index is 1.55. The summed E-state index contributed by atoms with van der Waals surface area (Å²) in [6.45, 7) is 12.6. The monoisotopic (exact) mass is 250 g/mol. The summed E-state index contributed by atoms with van der Waals surface area (Å²) in [6.07, 6.45) is 7.20. The fraction of sp³-hybridized carbons (Fsp3) is 1.00. The Morgan fingerprint density at radius 2 is 1.89 bits per heavy atom. The summed E-state index contributed by atoms with van der Waals surface area (Å²) >= 11 is 0. The van der Waals surface area contributed by atoms with Crippen molar-refractivity contribution in [2.75, 3.05) is 26.2 Å². The van der Waals surface area contributed by atoms with Crippen molar-refractivity contribution in [3.63, 3.8) is 0 Å². The molecule has 1 N–H and O–H groups in total. The van der Waals surface area contributed by atoms with E-state index >= 15 is 0 Å². The van der Waals surface area contributed by atoms with Crippen molar-refractivity contribution in [1.82, 2.24) is 10.2 Å². The first-order valence-electron chi connectivity index (χ1n) is 7.98. The lowest BCUT2D eigenvalue weighted by Crippen LogP contribution is -2.51. The average molecular weight is 250 g/mol. The van der Waals surface area contributed by atoms with Crippen LogP contribution in [0.3, 0.4) is 0 Å². The maximum absolute atomic E-state index is 3.93. The van der Waals surface area contributed by atoms with Gasteiger partial charge in [0.1, 0.15) is 0 Å². The zero-order chi connectivity index (χ0) is 12.8. The Morgan fingerprint density at radius 3 is 2.50 bits per heavy atom. The van der Waals surface area contributed by atoms with Crippen LogP contribution in [0.4, 0.5) is 0 Å². The van der Waals surface area contributed by atoms with E-state index in [-0.39, 0.29) is 0 Å². The summed E-state index contributed by atoms with van der Waals surface area (Å²) < 4.78 is 0. The topological polar surface area (TPSA) is 15.3 Å². The van der Waals surface area contributed by atoms with Crippen LogP contribution >= 0.6 is 0 Å². The van der Waals surface area contributed by atoms with Gasteiger partial charge in [-0.15, -0.1) is 0 Å². The molecule has 2 nitrogen and oxygen atoms in total. The molecule has 2 saturated carbocycles. The van der Waals surface area contributed by atoms with Crippen LogP contribution < -0.4 is 5.32 Å². The smallest absolute Gasteiger partial charge is 0.0175 e. The molecule has 0 aromatic heterocycles. The molecular formula is C16H30N2. The number of likely N-dealkylation sites (tertiary alicyclic amines) is 1. The van der Waals surface area contributed by atoms with E-state index in [1.165, 1.54) is 58.3 Å². The minimum absolute atomic E-state index is 0.512. The quantitative estimate of drug-likeness (QED) is 0.825. The first-order chi connectivity index (χ1) is 8.52. The summed E-state index contributed by atoms with van der Waals surface area (Å²) in [5.41, 5.74) is 1.09. The fourth-order valence-corrected chi connectivity index (χ4v) is 5.18. The van der Waals surface area contributed by atoms with Gasteiger partial charge >= 0.3 is 0 Å². The molecule has 3 rings (SSSR count). The van der Waals surface area contributed by atoms with Crippen LogP contribution in [0.15, 0.2) is 0 Å². The molecule has 104 valence electrons. The van der Waals surface area contributed by atoms with Gasteiger partial charge in [-0.25, -0.2) is 0 Å². The van der Waals surface area contributed by atoms with Gasteiger partial charge in [0.05, 0.1) is 0 Å². The first kappa shape index (κ1) is 12.9. The normalized spacial score (nSPS) is 42.8. The van der Waals surface area contributed by atoms with E-state index < -0.39 is 0 Å². The second-order valence-electron chi connectivity index (χ2n) is 7.85. The molecule has 2 heteroatoms. The van der Waals surface area contributed by atoms with E-state index in [0.717, 1.165) is 12.0 Å². The number of nitrogens with zero attached hydrogens (tertiary/aromatic N) is 1. The van der Waals surface area contributed by atoms with E-state index in [4.69, 9.17) is 0 Å². The zero-order valence-corrected chi connectivity index (χ0v) is 12.5. The third kappa shape index (κ3) is 2.02. The van der Waals surface area contributed by atoms with Crippen molar-refractivity contribution >= 4 is 0 Å². The van der Waals surface area contributed by atoms with Crippen LogP contribution in [0.5, 0.6) is 0 Å². The summed E-state index contributed by atoms with van der Waals surface area (Å²) in [7, 11) is 0. The molecule has 1 heterocycles. The average Bonchev–Trinajstić information content (AvgIpc) is 2.96. The van der Waals surface area contributed by atoms with Gasteiger partial charge in [-0.3, -0.25) is 0 Å². The van der Waals surface area contributed by atoms with Crippen molar-refractivity contribution in [3.8, 4) is 0 Å². The highest BCUT2D eigenvalue weighted by Gasteiger charge is 2.58. The van der Waals surface area contributed by atoms with Crippen LogP contribution in [-0.4, -0.2) is 37.1 Å². The molecule has 0 spiro atoms. The molecular weight excluding hydrogens is 220 g/mol. The van der Waals surface area contributed by atoms with Crippen LogP contribution in [0.2, 0.25) is 0 Å². The molecule has 3 fully saturated rings. The van der Waals surface area contributed by atoms with Crippen molar-refractivity contribution in [1.29, 1.82) is 0 Å². The highest BCUT2D eigenvalue weighted by molar-refractivity contribution is 5.11. The van der Waals surface area contributed by atoms with Crippen molar-refractivity contribution < 1.29 is 0 Å². The molecule has 0 aromatic rings. The van der Waals surface area contributed by atoms with Crippen LogP contribution in [-0.2, 0) is 0 Å². The number of nitrogens with one attached hydrogen (secondary N) is 1. The predicted molar refractivity (Wildman–Crippen MR) is 76.7 cm³/mol. The second kappa shape index (κ2) is 4.49. The van der Waals surface area contributed by atoms with Gasteiger partial charge in [0.25, 0.3) is 0 Å². The van der Waals surface area contributed by atoms with E-state index in [1.54, 1.807) is 0 Å². The highest BCUT2D eigenvalue weighted by Crippen LogP contribution is 2.62. The molecule has 3 unspecified atom stereocenters. The molecule has 2 bridgehead atoms. The lowest BCUT2D eigenvalue weighted by atomic mass is 9.68. The van der Waals surface area contributed by atoms with Crippen LogP contribution in [0.1, 0.15) is 52.9 Å². The molecule has 0 radical (unpaired) electrons. The van der Waals surface area contributed by atoms with E-state index in [1.807, 2.05) is 0 Å². The van der Waals surface area contributed by atoms with Gasteiger partial charge in [0.2, 0.25) is 0 Å². The predicted octanol–water partition coefficient (Wildman–Crippen LogP) is 2.89. The van der Waals surface area contributed by atoms with Crippen molar-refractivity contribution in [2.45, 2.75) is 58.9 Å². The summed E-state index contributed by atoms with van der Waals surface area (Å²) in [4.78, 5) is 2.62. The molecule has 1 aliphatic heterocycles. The van der Waals surface area contributed by atoms with Gasteiger partial charge in [-0.1, -0.05) is 20.8 Å². The SMILES string of the molecule is CC12CCC(C1)C(C)(C)C2NCCN1CCCC1. The maximum atomic E-state index is 3.93. The Labute approximate surface area is 113 Å². The van der Waals surface area contributed by atoms with Gasteiger partial charge in [0.15, 0.2) is 0 Å². The molecule has 1 saturated heterocycles. The van der Waals surface area contributed by atoms with Gasteiger partial charge in [-0.2, -0.15) is 0 Å². The summed E-state index contributed by atoms with van der Waals surface area (Å²) in [5, 5.41) is 3.93. The molecule has 2 aliphatic carbocycles. The molecule has 0 aromatic carbocycles. The summed E-state index contributed by atoms with van der Waals surface area (Å²) in [6, 6.07) is 0.742. The van der Waals surface area contributed by atoms with Gasteiger partial charge in [0, 0.05) is 19.1 Å². The molecule has 3 atom stereocenters. The van der Waals surface area contributed by atoms with Crippen molar-refractivity contribution in [2.24, 2.45) is 16.7 Å². The maximum Gasteiger partial charge on any atom is 0.0175 e. The van der Waals surface area contributed by atoms with E-state index in [0.29, 0.717) is 10.8 Å². The highest BCUT2D eigenvalue weighted by atomic mass is 15.2. The number of hydrogen-bond donors (Lipinski definition) is 1.